The van der Waals surface area contributed by atoms with Crippen LogP contribution in [0.1, 0.15) is 36.6 Å². The molecule has 1 aromatic heterocycles. The van der Waals surface area contributed by atoms with Crippen LogP contribution in [-0.4, -0.2) is 33.0 Å². The van der Waals surface area contributed by atoms with Crippen LogP contribution < -0.4 is 4.72 Å². The van der Waals surface area contributed by atoms with E-state index in [0.717, 1.165) is 31.7 Å². The van der Waals surface area contributed by atoms with Crippen molar-refractivity contribution in [2.24, 2.45) is 0 Å². The molecule has 0 spiro atoms. The van der Waals surface area contributed by atoms with Crippen molar-refractivity contribution in [3.8, 4) is 6.07 Å². The average Bonchev–Trinajstić information content (AvgIpc) is 3.17. The number of sulfonamides is 1. The van der Waals surface area contributed by atoms with Gasteiger partial charge in [-0.25, -0.2) is 13.1 Å². The highest BCUT2D eigenvalue weighted by atomic mass is 32.2. The fourth-order valence-corrected chi connectivity index (χ4v) is 4.21. The van der Waals surface area contributed by atoms with Crippen molar-refractivity contribution in [1.82, 2.24) is 9.62 Å². The first-order valence-electron chi connectivity index (χ1n) is 8.37. The third-order valence-corrected chi connectivity index (χ3v) is 5.86. The highest BCUT2D eigenvalue weighted by Gasteiger charge is 2.26. The van der Waals surface area contributed by atoms with Gasteiger partial charge < -0.3 is 4.42 Å². The third-order valence-electron chi connectivity index (χ3n) is 4.44. The van der Waals surface area contributed by atoms with Gasteiger partial charge in [0.25, 0.3) is 0 Å². The Balaban J connectivity index is 1.77. The molecule has 2 heterocycles. The van der Waals surface area contributed by atoms with E-state index in [4.69, 9.17) is 9.68 Å². The molecule has 132 valence electrons. The van der Waals surface area contributed by atoms with E-state index >= 15 is 0 Å². The molecule has 1 saturated heterocycles. The molecule has 6 nitrogen and oxygen atoms in total. The molecule has 0 saturated carbocycles. The smallest absolute Gasteiger partial charge is 0.240 e. The van der Waals surface area contributed by atoms with Gasteiger partial charge in [-0.1, -0.05) is 12.5 Å². The highest BCUT2D eigenvalue weighted by molar-refractivity contribution is 7.89. The zero-order chi connectivity index (χ0) is 17.7. The first-order chi connectivity index (χ1) is 12.1. The molecule has 1 aliphatic heterocycles. The summed E-state index contributed by atoms with van der Waals surface area (Å²) in [5.74, 6) is 0.760. The molecular weight excluding hydrogens is 338 g/mol. The van der Waals surface area contributed by atoms with Crippen molar-refractivity contribution in [1.29, 1.82) is 5.26 Å². The summed E-state index contributed by atoms with van der Waals surface area (Å²) in [6.07, 6.45) is 5.02. The van der Waals surface area contributed by atoms with Gasteiger partial charge in [-0.15, -0.1) is 0 Å². The summed E-state index contributed by atoms with van der Waals surface area (Å²) in [7, 11) is -3.69. The van der Waals surface area contributed by atoms with Gasteiger partial charge in [0.05, 0.1) is 28.8 Å². The lowest BCUT2D eigenvalue weighted by Crippen LogP contribution is -2.40. The second kappa shape index (κ2) is 7.83. The molecule has 0 amide bonds. The van der Waals surface area contributed by atoms with Crippen LogP contribution in [0.15, 0.2) is 52.0 Å². The maximum atomic E-state index is 12.6. The fraction of sp³-hybridized carbons (Fsp3) is 0.389. The summed E-state index contributed by atoms with van der Waals surface area (Å²) in [6, 6.07) is 11.5. The second-order valence-electron chi connectivity index (χ2n) is 6.12. The maximum absolute atomic E-state index is 12.6. The normalized spacial score (nSPS) is 17.1. The highest BCUT2D eigenvalue weighted by Crippen LogP contribution is 2.25. The van der Waals surface area contributed by atoms with Gasteiger partial charge in [-0.2, -0.15) is 5.26 Å². The van der Waals surface area contributed by atoms with Crippen LogP contribution in [0, 0.1) is 11.3 Å². The van der Waals surface area contributed by atoms with Gasteiger partial charge >= 0.3 is 0 Å². The van der Waals surface area contributed by atoms with Crippen LogP contribution in [0.3, 0.4) is 0 Å². The van der Waals surface area contributed by atoms with Crippen LogP contribution in [-0.2, 0) is 10.0 Å². The summed E-state index contributed by atoms with van der Waals surface area (Å²) in [5.41, 5.74) is 0.321. The quantitative estimate of drug-likeness (QED) is 0.857. The van der Waals surface area contributed by atoms with Crippen LogP contribution in [0.4, 0.5) is 0 Å². The lowest BCUT2D eigenvalue weighted by atomic mass is 10.1. The van der Waals surface area contributed by atoms with Gasteiger partial charge in [-0.3, -0.25) is 4.90 Å². The number of hydrogen-bond acceptors (Lipinski definition) is 5. The molecule has 7 heteroatoms. The molecule has 0 aliphatic carbocycles. The topological polar surface area (TPSA) is 86.3 Å². The van der Waals surface area contributed by atoms with Crippen molar-refractivity contribution >= 4 is 10.0 Å². The summed E-state index contributed by atoms with van der Waals surface area (Å²) in [6.45, 7) is 2.08. The number of hydrogen-bond donors (Lipinski definition) is 1. The van der Waals surface area contributed by atoms with Crippen LogP contribution in [0.2, 0.25) is 0 Å². The van der Waals surface area contributed by atoms with E-state index in [-0.39, 0.29) is 17.5 Å². The first-order valence-corrected chi connectivity index (χ1v) is 9.86. The van der Waals surface area contributed by atoms with Crippen molar-refractivity contribution in [2.75, 3.05) is 19.6 Å². The Morgan fingerprint density at radius 1 is 1.20 bits per heavy atom. The maximum Gasteiger partial charge on any atom is 0.240 e. The molecule has 2 aromatic rings. The van der Waals surface area contributed by atoms with Crippen LogP contribution in [0.25, 0.3) is 0 Å². The SMILES string of the molecule is N#Cc1cccc(S(=O)(=O)NCC(c2ccco2)N2CCCCC2)c1. The minimum atomic E-state index is -3.69. The zero-order valence-corrected chi connectivity index (χ0v) is 14.7. The van der Waals surface area contributed by atoms with E-state index in [2.05, 4.69) is 9.62 Å². The molecule has 1 N–H and O–H groups in total. The third kappa shape index (κ3) is 4.28. The Kier molecular flexibility index (Phi) is 5.53. The molecular formula is C18H21N3O3S. The Hall–Kier alpha value is -2.14. The Labute approximate surface area is 148 Å². The monoisotopic (exact) mass is 359 g/mol. The second-order valence-corrected chi connectivity index (χ2v) is 7.89. The summed E-state index contributed by atoms with van der Waals surface area (Å²) in [4.78, 5) is 2.36. The number of rotatable bonds is 6. The van der Waals surface area contributed by atoms with Gasteiger partial charge in [-0.05, 0) is 56.3 Å². The van der Waals surface area contributed by atoms with Crippen LogP contribution >= 0.6 is 0 Å². The molecule has 1 aromatic carbocycles. The largest absolute Gasteiger partial charge is 0.468 e. The van der Waals surface area contributed by atoms with E-state index in [0.29, 0.717) is 5.56 Å². The Morgan fingerprint density at radius 2 is 2.00 bits per heavy atom. The average molecular weight is 359 g/mol. The van der Waals surface area contributed by atoms with E-state index in [1.165, 1.54) is 18.6 Å². The molecule has 0 radical (unpaired) electrons. The number of benzene rings is 1. The first kappa shape index (κ1) is 17.7. The van der Waals surface area contributed by atoms with Gasteiger partial charge in [0.1, 0.15) is 5.76 Å². The summed E-state index contributed by atoms with van der Waals surface area (Å²) < 4.78 is 33.4. The number of furan rings is 1. The predicted molar refractivity (Wildman–Crippen MR) is 93.2 cm³/mol. The molecule has 1 fully saturated rings. The fourth-order valence-electron chi connectivity index (χ4n) is 3.13. The summed E-state index contributed by atoms with van der Waals surface area (Å²) in [5, 5.41) is 8.96. The van der Waals surface area contributed by atoms with E-state index < -0.39 is 10.0 Å². The molecule has 1 aliphatic rings. The van der Waals surface area contributed by atoms with E-state index in [9.17, 15) is 8.42 Å². The number of piperidine rings is 1. The predicted octanol–water partition coefficient (Wildman–Crippen LogP) is 2.66. The van der Waals surface area contributed by atoms with Crippen LogP contribution in [0.5, 0.6) is 0 Å². The molecule has 0 bridgehead atoms. The molecule has 3 rings (SSSR count). The van der Waals surface area contributed by atoms with Gasteiger partial charge in [0, 0.05) is 6.54 Å². The Bertz CT molecular complexity index is 835. The van der Waals surface area contributed by atoms with Gasteiger partial charge in [0.2, 0.25) is 10.0 Å². The molecule has 1 unspecified atom stereocenters. The minimum Gasteiger partial charge on any atom is -0.468 e. The van der Waals surface area contributed by atoms with Crippen molar-refractivity contribution < 1.29 is 12.8 Å². The summed E-state index contributed by atoms with van der Waals surface area (Å²) >= 11 is 0. The minimum absolute atomic E-state index is 0.100. The van der Waals surface area contributed by atoms with Crippen molar-refractivity contribution in [3.63, 3.8) is 0 Å². The molecule has 1 atom stereocenters. The van der Waals surface area contributed by atoms with E-state index in [1.54, 1.807) is 18.4 Å². The zero-order valence-electron chi connectivity index (χ0n) is 13.9. The van der Waals surface area contributed by atoms with Crippen molar-refractivity contribution in [2.45, 2.75) is 30.2 Å². The molecule has 25 heavy (non-hydrogen) atoms. The number of nitriles is 1. The van der Waals surface area contributed by atoms with Crippen molar-refractivity contribution in [3.05, 3.63) is 54.0 Å². The number of likely N-dealkylation sites (tertiary alicyclic amines) is 1. The number of nitrogens with one attached hydrogen (secondary N) is 1. The number of nitrogens with zero attached hydrogens (tertiary/aromatic N) is 2. The van der Waals surface area contributed by atoms with E-state index in [1.807, 2.05) is 18.2 Å². The lowest BCUT2D eigenvalue weighted by molar-refractivity contribution is 0.147. The standard InChI is InChI=1S/C18H21N3O3S/c19-13-15-6-4-7-16(12-15)25(22,23)20-14-17(18-8-5-11-24-18)21-9-2-1-3-10-21/h4-8,11-12,17,20H,1-3,9-10,14H2. The Morgan fingerprint density at radius 3 is 2.68 bits per heavy atom. The van der Waals surface area contributed by atoms with Gasteiger partial charge in [0.15, 0.2) is 0 Å². The lowest BCUT2D eigenvalue weighted by Gasteiger charge is -2.33.